The highest BCUT2D eigenvalue weighted by Gasteiger charge is 2.16. The summed E-state index contributed by atoms with van der Waals surface area (Å²) in [6.07, 6.45) is 0. The van der Waals surface area contributed by atoms with Crippen LogP contribution in [0.5, 0.6) is 17.2 Å². The van der Waals surface area contributed by atoms with Crippen LogP contribution in [-0.4, -0.2) is 43.0 Å². The van der Waals surface area contributed by atoms with Crippen molar-refractivity contribution in [1.82, 2.24) is 4.72 Å². The lowest BCUT2D eigenvalue weighted by Crippen LogP contribution is -2.23. The Labute approximate surface area is 153 Å². The van der Waals surface area contributed by atoms with E-state index in [0.29, 0.717) is 30.5 Å². The number of rotatable bonds is 10. The van der Waals surface area contributed by atoms with Crippen LogP contribution in [0, 0.1) is 0 Å². The Morgan fingerprint density at radius 3 is 2.19 bits per heavy atom. The first-order valence-corrected chi connectivity index (χ1v) is 9.41. The van der Waals surface area contributed by atoms with Crippen molar-refractivity contribution in [2.45, 2.75) is 11.4 Å². The summed E-state index contributed by atoms with van der Waals surface area (Å²) in [7, 11) is 0.880. The zero-order chi connectivity index (χ0) is 19.0. The van der Waals surface area contributed by atoms with Gasteiger partial charge in [0.05, 0.1) is 25.7 Å². The SMILES string of the molecule is COCCOc1ccc(CNS(=O)(=O)c2ccc(OC)c(OC)c2)cc1. The van der Waals surface area contributed by atoms with Gasteiger partial charge in [-0.1, -0.05) is 12.1 Å². The van der Waals surface area contributed by atoms with E-state index in [4.69, 9.17) is 18.9 Å². The number of hydrogen-bond donors (Lipinski definition) is 1. The molecule has 0 aliphatic carbocycles. The summed E-state index contributed by atoms with van der Waals surface area (Å²) >= 11 is 0. The van der Waals surface area contributed by atoms with Crippen LogP contribution in [0.1, 0.15) is 5.56 Å². The topological polar surface area (TPSA) is 83.1 Å². The van der Waals surface area contributed by atoms with Crippen molar-refractivity contribution in [3.63, 3.8) is 0 Å². The predicted octanol–water partition coefficient (Wildman–Crippen LogP) is 2.21. The van der Waals surface area contributed by atoms with Crippen LogP contribution >= 0.6 is 0 Å². The van der Waals surface area contributed by atoms with Crippen LogP contribution in [0.25, 0.3) is 0 Å². The molecule has 26 heavy (non-hydrogen) atoms. The first-order valence-electron chi connectivity index (χ1n) is 7.92. The van der Waals surface area contributed by atoms with Gasteiger partial charge in [-0.05, 0) is 29.8 Å². The maximum atomic E-state index is 12.5. The molecule has 0 saturated carbocycles. The number of benzene rings is 2. The highest BCUT2D eigenvalue weighted by Crippen LogP contribution is 2.29. The number of hydrogen-bond acceptors (Lipinski definition) is 6. The highest BCUT2D eigenvalue weighted by atomic mass is 32.2. The summed E-state index contributed by atoms with van der Waals surface area (Å²) in [6.45, 7) is 1.13. The van der Waals surface area contributed by atoms with Gasteiger partial charge in [-0.2, -0.15) is 0 Å². The molecule has 2 aromatic carbocycles. The van der Waals surface area contributed by atoms with E-state index in [2.05, 4.69) is 4.72 Å². The van der Waals surface area contributed by atoms with E-state index in [1.807, 2.05) is 0 Å². The van der Waals surface area contributed by atoms with Gasteiger partial charge in [0.15, 0.2) is 11.5 Å². The third kappa shape index (κ3) is 5.35. The minimum Gasteiger partial charge on any atom is -0.493 e. The Balaban J connectivity index is 2.01. The van der Waals surface area contributed by atoms with Gasteiger partial charge in [-0.25, -0.2) is 13.1 Å². The molecule has 0 unspecified atom stereocenters. The molecule has 0 aromatic heterocycles. The fourth-order valence-corrected chi connectivity index (χ4v) is 3.22. The van der Waals surface area contributed by atoms with Crippen molar-refractivity contribution in [2.75, 3.05) is 34.5 Å². The van der Waals surface area contributed by atoms with Crippen molar-refractivity contribution in [3.8, 4) is 17.2 Å². The molecule has 0 amide bonds. The van der Waals surface area contributed by atoms with Gasteiger partial charge >= 0.3 is 0 Å². The lowest BCUT2D eigenvalue weighted by Gasteiger charge is -2.11. The lowest BCUT2D eigenvalue weighted by molar-refractivity contribution is 0.146. The average molecular weight is 381 g/mol. The number of sulfonamides is 1. The summed E-state index contributed by atoms with van der Waals surface area (Å²) < 4.78 is 48.2. The zero-order valence-corrected chi connectivity index (χ0v) is 15.8. The molecule has 2 aromatic rings. The van der Waals surface area contributed by atoms with Gasteiger partial charge in [0.1, 0.15) is 12.4 Å². The maximum Gasteiger partial charge on any atom is 0.241 e. The second-order valence-electron chi connectivity index (χ2n) is 5.33. The van der Waals surface area contributed by atoms with Gasteiger partial charge in [0.25, 0.3) is 0 Å². The summed E-state index contributed by atoms with van der Waals surface area (Å²) in [6, 6.07) is 11.6. The first kappa shape index (κ1) is 20.0. The van der Waals surface area contributed by atoms with Gasteiger partial charge < -0.3 is 18.9 Å². The molecule has 0 aliphatic heterocycles. The summed E-state index contributed by atoms with van der Waals surface area (Å²) in [5.74, 6) is 1.52. The summed E-state index contributed by atoms with van der Waals surface area (Å²) in [4.78, 5) is 0.106. The van der Waals surface area contributed by atoms with Crippen LogP contribution in [0.15, 0.2) is 47.4 Å². The molecule has 0 heterocycles. The zero-order valence-electron chi connectivity index (χ0n) is 15.0. The third-order valence-electron chi connectivity index (χ3n) is 3.61. The third-order valence-corrected chi connectivity index (χ3v) is 5.01. The lowest BCUT2D eigenvalue weighted by atomic mass is 10.2. The number of nitrogens with one attached hydrogen (secondary N) is 1. The first-order chi connectivity index (χ1) is 12.5. The van der Waals surface area contributed by atoms with Crippen LogP contribution in [0.2, 0.25) is 0 Å². The van der Waals surface area contributed by atoms with Gasteiger partial charge in [0, 0.05) is 19.7 Å². The molecule has 0 atom stereocenters. The quantitative estimate of drug-likeness (QED) is 0.636. The van der Waals surface area contributed by atoms with E-state index in [0.717, 1.165) is 5.56 Å². The second-order valence-corrected chi connectivity index (χ2v) is 7.09. The van der Waals surface area contributed by atoms with Crippen LogP contribution < -0.4 is 18.9 Å². The van der Waals surface area contributed by atoms with E-state index in [1.54, 1.807) is 37.4 Å². The van der Waals surface area contributed by atoms with Crippen LogP contribution in [-0.2, 0) is 21.3 Å². The molecule has 2 rings (SSSR count). The van der Waals surface area contributed by atoms with Gasteiger partial charge in [-0.15, -0.1) is 0 Å². The number of ether oxygens (including phenoxy) is 4. The fraction of sp³-hybridized carbons (Fsp3) is 0.333. The normalized spacial score (nSPS) is 11.2. The molecule has 0 radical (unpaired) electrons. The molecule has 1 N–H and O–H groups in total. The van der Waals surface area contributed by atoms with Crippen LogP contribution in [0.3, 0.4) is 0 Å². The van der Waals surface area contributed by atoms with Crippen molar-refractivity contribution in [3.05, 3.63) is 48.0 Å². The molecule has 0 spiro atoms. The molecule has 7 nitrogen and oxygen atoms in total. The fourth-order valence-electron chi connectivity index (χ4n) is 2.19. The number of methoxy groups -OCH3 is 3. The van der Waals surface area contributed by atoms with Crippen molar-refractivity contribution in [2.24, 2.45) is 0 Å². The monoisotopic (exact) mass is 381 g/mol. The molecular weight excluding hydrogens is 358 g/mol. The minimum atomic E-state index is -3.68. The molecule has 0 bridgehead atoms. The highest BCUT2D eigenvalue weighted by molar-refractivity contribution is 7.89. The Bertz CT molecular complexity index is 805. The molecule has 0 fully saturated rings. The van der Waals surface area contributed by atoms with E-state index >= 15 is 0 Å². The van der Waals surface area contributed by atoms with E-state index in [1.165, 1.54) is 26.4 Å². The summed E-state index contributed by atoms with van der Waals surface area (Å²) in [5.41, 5.74) is 0.813. The standard InChI is InChI=1S/C18H23NO6S/c1-22-10-11-25-15-6-4-14(5-7-15)13-19-26(20,21)16-8-9-17(23-2)18(12-16)24-3/h4-9,12,19H,10-11,13H2,1-3H3. The largest absolute Gasteiger partial charge is 0.493 e. The second kappa shape index (κ2) is 9.42. The summed E-state index contributed by atoms with van der Waals surface area (Å²) in [5, 5.41) is 0. The smallest absolute Gasteiger partial charge is 0.241 e. The average Bonchev–Trinajstić information content (AvgIpc) is 2.67. The maximum absolute atomic E-state index is 12.5. The molecule has 0 aliphatic rings. The molecule has 0 saturated heterocycles. The predicted molar refractivity (Wildman–Crippen MR) is 97.4 cm³/mol. The van der Waals surface area contributed by atoms with Gasteiger partial charge in [-0.3, -0.25) is 0 Å². The van der Waals surface area contributed by atoms with Gasteiger partial charge in [0.2, 0.25) is 10.0 Å². The van der Waals surface area contributed by atoms with Crippen LogP contribution in [0.4, 0.5) is 0 Å². The van der Waals surface area contributed by atoms with E-state index in [-0.39, 0.29) is 11.4 Å². The Morgan fingerprint density at radius 2 is 1.58 bits per heavy atom. The van der Waals surface area contributed by atoms with E-state index in [9.17, 15) is 8.42 Å². The van der Waals surface area contributed by atoms with Crippen molar-refractivity contribution in [1.29, 1.82) is 0 Å². The van der Waals surface area contributed by atoms with Crippen molar-refractivity contribution < 1.29 is 27.4 Å². The minimum absolute atomic E-state index is 0.106. The molecular formula is C18H23NO6S. The molecule has 8 heteroatoms. The van der Waals surface area contributed by atoms with Crippen molar-refractivity contribution >= 4 is 10.0 Å². The Kier molecular flexibility index (Phi) is 7.26. The molecule has 142 valence electrons. The Morgan fingerprint density at radius 1 is 0.885 bits per heavy atom. The Hall–Kier alpha value is -2.29. The van der Waals surface area contributed by atoms with E-state index < -0.39 is 10.0 Å².